The van der Waals surface area contributed by atoms with Gasteiger partial charge in [0, 0.05) is 32.1 Å². The summed E-state index contributed by atoms with van der Waals surface area (Å²) in [5.41, 5.74) is 0.811. The number of ether oxygens (including phenoxy) is 1. The molecule has 1 heterocycles. The fraction of sp³-hybridized carbons (Fsp3) is 0.636. The number of sulfonamides is 1. The Morgan fingerprint density at radius 1 is 1.50 bits per heavy atom. The highest BCUT2D eigenvalue weighted by Crippen LogP contribution is 2.16. The highest BCUT2D eigenvalue weighted by atomic mass is 35.5. The molecule has 0 bridgehead atoms. The van der Waals surface area contributed by atoms with Gasteiger partial charge in [0.1, 0.15) is 0 Å². The fourth-order valence-corrected chi connectivity index (χ4v) is 2.90. The molecule has 5 nitrogen and oxygen atoms in total. The maximum Gasteiger partial charge on any atom is 0.242 e. The number of hydrogen-bond acceptors (Lipinski definition) is 3. The van der Waals surface area contributed by atoms with Gasteiger partial charge in [-0.2, -0.15) is 0 Å². The second-order valence-corrected chi connectivity index (χ2v) is 5.92. The van der Waals surface area contributed by atoms with Crippen LogP contribution in [0.3, 0.4) is 0 Å². The molecule has 0 amide bonds. The predicted molar refractivity (Wildman–Crippen MR) is 71.3 cm³/mol. The first-order valence-corrected chi connectivity index (χ1v) is 7.80. The van der Waals surface area contributed by atoms with E-state index in [4.69, 9.17) is 16.3 Å². The van der Waals surface area contributed by atoms with Crippen LogP contribution in [0.1, 0.15) is 19.0 Å². The van der Waals surface area contributed by atoms with Crippen LogP contribution < -0.4 is 4.72 Å². The minimum absolute atomic E-state index is 0.253. The molecule has 0 spiro atoms. The number of rotatable bonds is 8. The summed E-state index contributed by atoms with van der Waals surface area (Å²) in [6, 6.07) is 1.61. The Kier molecular flexibility index (Phi) is 6.14. The summed E-state index contributed by atoms with van der Waals surface area (Å²) in [7, 11) is -1.95. The van der Waals surface area contributed by atoms with Crippen LogP contribution in [0.4, 0.5) is 0 Å². The molecule has 0 fully saturated rings. The molecule has 18 heavy (non-hydrogen) atoms. The van der Waals surface area contributed by atoms with Crippen molar-refractivity contribution in [2.45, 2.75) is 30.7 Å². The molecular weight excluding hydrogens is 276 g/mol. The van der Waals surface area contributed by atoms with Crippen molar-refractivity contribution in [1.82, 2.24) is 9.29 Å². The van der Waals surface area contributed by atoms with Crippen molar-refractivity contribution in [3.05, 3.63) is 18.0 Å². The van der Waals surface area contributed by atoms with Crippen LogP contribution in [-0.2, 0) is 27.2 Å². The number of nitrogens with zero attached hydrogens (tertiary/aromatic N) is 1. The lowest BCUT2D eigenvalue weighted by molar-refractivity contribution is 0.204. The van der Waals surface area contributed by atoms with E-state index in [-0.39, 0.29) is 11.4 Å². The van der Waals surface area contributed by atoms with Gasteiger partial charge in [0.05, 0.1) is 17.4 Å². The van der Waals surface area contributed by atoms with E-state index in [1.165, 1.54) is 7.11 Å². The summed E-state index contributed by atoms with van der Waals surface area (Å²) in [5, 5.41) is 0. The Balaban J connectivity index is 2.88. The summed E-state index contributed by atoms with van der Waals surface area (Å²) in [5.74, 6) is 0.299. The van der Waals surface area contributed by atoms with Gasteiger partial charge >= 0.3 is 0 Å². The molecule has 7 heteroatoms. The number of alkyl halides is 1. The van der Waals surface area contributed by atoms with Crippen molar-refractivity contribution in [3.8, 4) is 0 Å². The molecule has 0 aliphatic rings. The molecule has 0 aromatic carbocycles. The molecule has 0 unspecified atom stereocenters. The molecule has 0 aliphatic heterocycles. The number of nitrogens with one attached hydrogen (secondary N) is 1. The lowest BCUT2D eigenvalue weighted by atomic mass is 10.4. The summed E-state index contributed by atoms with van der Waals surface area (Å²) >= 11 is 5.80. The Morgan fingerprint density at radius 2 is 2.22 bits per heavy atom. The number of halogens is 1. The van der Waals surface area contributed by atoms with Crippen molar-refractivity contribution in [1.29, 1.82) is 0 Å². The van der Waals surface area contributed by atoms with Gasteiger partial charge in [0.15, 0.2) is 0 Å². The summed E-state index contributed by atoms with van der Waals surface area (Å²) in [4.78, 5) is 0.253. The first-order chi connectivity index (χ1) is 8.55. The fourth-order valence-electron chi connectivity index (χ4n) is 1.59. The first-order valence-electron chi connectivity index (χ1n) is 5.78. The Labute approximate surface area is 113 Å². The van der Waals surface area contributed by atoms with E-state index < -0.39 is 10.0 Å². The van der Waals surface area contributed by atoms with E-state index >= 15 is 0 Å². The second kappa shape index (κ2) is 7.13. The minimum atomic E-state index is -3.47. The molecule has 0 aliphatic carbocycles. The lowest BCUT2D eigenvalue weighted by Gasteiger charge is -2.04. The Morgan fingerprint density at radius 3 is 2.78 bits per heavy atom. The van der Waals surface area contributed by atoms with E-state index in [9.17, 15) is 8.42 Å². The summed E-state index contributed by atoms with van der Waals surface area (Å²) < 4.78 is 33.1. The quantitative estimate of drug-likeness (QED) is 0.585. The van der Waals surface area contributed by atoms with Crippen molar-refractivity contribution >= 4 is 21.6 Å². The molecule has 1 rings (SSSR count). The van der Waals surface area contributed by atoms with Gasteiger partial charge in [-0.3, -0.25) is 0 Å². The average molecular weight is 295 g/mol. The van der Waals surface area contributed by atoms with E-state index in [2.05, 4.69) is 4.72 Å². The molecule has 1 aromatic rings. The van der Waals surface area contributed by atoms with E-state index in [0.717, 1.165) is 18.7 Å². The lowest BCUT2D eigenvalue weighted by Crippen LogP contribution is -2.26. The van der Waals surface area contributed by atoms with Crippen LogP contribution in [-0.4, -0.2) is 33.2 Å². The maximum atomic E-state index is 12.0. The maximum absolute atomic E-state index is 12.0. The summed E-state index contributed by atoms with van der Waals surface area (Å²) in [6.45, 7) is 3.39. The van der Waals surface area contributed by atoms with Gasteiger partial charge in [-0.1, -0.05) is 6.92 Å². The standard InChI is InChI=1S/C11H19ClN2O3S/c1-3-5-14-9-11(7-10(14)8-12)18(15,16)13-4-6-17-2/h7,9,13H,3-6,8H2,1-2H3. The molecule has 104 valence electrons. The van der Waals surface area contributed by atoms with Crippen molar-refractivity contribution in [3.63, 3.8) is 0 Å². The van der Waals surface area contributed by atoms with Gasteiger partial charge < -0.3 is 9.30 Å². The SMILES string of the molecule is CCCn1cc(S(=O)(=O)NCCOC)cc1CCl. The van der Waals surface area contributed by atoms with Crippen molar-refractivity contribution < 1.29 is 13.2 Å². The second-order valence-electron chi connectivity index (χ2n) is 3.88. The van der Waals surface area contributed by atoms with E-state index in [1.54, 1.807) is 12.3 Å². The molecular formula is C11H19ClN2O3S. The van der Waals surface area contributed by atoms with Gasteiger partial charge in [0.25, 0.3) is 0 Å². The normalized spacial score (nSPS) is 11.9. The molecule has 0 radical (unpaired) electrons. The van der Waals surface area contributed by atoms with Gasteiger partial charge in [0.2, 0.25) is 10.0 Å². The number of methoxy groups -OCH3 is 1. The smallest absolute Gasteiger partial charge is 0.242 e. The van der Waals surface area contributed by atoms with Crippen molar-refractivity contribution in [2.24, 2.45) is 0 Å². The van der Waals surface area contributed by atoms with Crippen LogP contribution in [0, 0.1) is 0 Å². The molecule has 1 aromatic heterocycles. The highest BCUT2D eigenvalue weighted by Gasteiger charge is 2.17. The zero-order valence-electron chi connectivity index (χ0n) is 10.6. The number of aryl methyl sites for hydroxylation is 1. The van der Waals surface area contributed by atoms with Gasteiger partial charge in [-0.05, 0) is 12.5 Å². The van der Waals surface area contributed by atoms with Crippen molar-refractivity contribution in [2.75, 3.05) is 20.3 Å². The van der Waals surface area contributed by atoms with Gasteiger partial charge in [-0.15, -0.1) is 11.6 Å². The summed E-state index contributed by atoms with van der Waals surface area (Å²) in [6.07, 6.45) is 2.55. The van der Waals surface area contributed by atoms with E-state index in [1.807, 2.05) is 11.5 Å². The third-order valence-electron chi connectivity index (χ3n) is 2.47. The average Bonchev–Trinajstić information content (AvgIpc) is 2.74. The van der Waals surface area contributed by atoms with Crippen LogP contribution in [0.25, 0.3) is 0 Å². The largest absolute Gasteiger partial charge is 0.383 e. The monoisotopic (exact) mass is 294 g/mol. The molecule has 0 atom stereocenters. The topological polar surface area (TPSA) is 60.3 Å². The molecule has 0 saturated carbocycles. The van der Waals surface area contributed by atoms with Crippen LogP contribution >= 0.6 is 11.6 Å². The zero-order valence-corrected chi connectivity index (χ0v) is 12.2. The predicted octanol–water partition coefficient (Wildman–Crippen LogP) is 1.56. The minimum Gasteiger partial charge on any atom is -0.383 e. The van der Waals surface area contributed by atoms with E-state index in [0.29, 0.717) is 12.5 Å². The van der Waals surface area contributed by atoms with Gasteiger partial charge in [-0.25, -0.2) is 13.1 Å². The van der Waals surface area contributed by atoms with Crippen LogP contribution in [0.2, 0.25) is 0 Å². The number of hydrogen-bond donors (Lipinski definition) is 1. The zero-order chi connectivity index (χ0) is 13.6. The Bertz CT molecular complexity index is 471. The van der Waals surface area contributed by atoms with Crippen LogP contribution in [0.5, 0.6) is 0 Å². The number of aromatic nitrogens is 1. The first kappa shape index (κ1) is 15.5. The Hall–Kier alpha value is -0.560. The third kappa shape index (κ3) is 3.98. The van der Waals surface area contributed by atoms with Crippen LogP contribution in [0.15, 0.2) is 17.2 Å². The highest BCUT2D eigenvalue weighted by molar-refractivity contribution is 7.89. The molecule has 0 saturated heterocycles. The third-order valence-corrected chi connectivity index (χ3v) is 4.17. The molecule has 1 N–H and O–H groups in total.